The standard InChI is InChI=1S/C14H13F2N3O2/c1-8(20)19(13-5-9(17)3-4-18-13)10-6-11(15)14(21-2)12(16)7-10/h3-7H,1-2H3,(H2,17,18). The number of hydrogen-bond acceptors (Lipinski definition) is 4. The van der Waals surface area contributed by atoms with Gasteiger partial charge in [-0.2, -0.15) is 0 Å². The summed E-state index contributed by atoms with van der Waals surface area (Å²) in [7, 11) is 1.16. The van der Waals surface area contributed by atoms with E-state index in [-0.39, 0.29) is 11.5 Å². The van der Waals surface area contributed by atoms with Crippen molar-refractivity contribution in [3.05, 3.63) is 42.1 Å². The van der Waals surface area contributed by atoms with Crippen LogP contribution in [-0.4, -0.2) is 18.0 Å². The van der Waals surface area contributed by atoms with Crippen LogP contribution in [-0.2, 0) is 4.79 Å². The lowest BCUT2D eigenvalue weighted by Gasteiger charge is -2.21. The summed E-state index contributed by atoms with van der Waals surface area (Å²) in [5.74, 6) is -2.63. The number of halogens is 2. The van der Waals surface area contributed by atoms with Gasteiger partial charge in [0.25, 0.3) is 0 Å². The molecule has 1 aromatic carbocycles. The highest BCUT2D eigenvalue weighted by Crippen LogP contribution is 2.31. The van der Waals surface area contributed by atoms with E-state index in [1.165, 1.54) is 25.3 Å². The predicted molar refractivity (Wildman–Crippen MR) is 74.4 cm³/mol. The van der Waals surface area contributed by atoms with Crippen molar-refractivity contribution < 1.29 is 18.3 Å². The average Bonchev–Trinajstić information content (AvgIpc) is 2.38. The van der Waals surface area contributed by atoms with Gasteiger partial charge in [-0.1, -0.05) is 0 Å². The highest BCUT2D eigenvalue weighted by atomic mass is 19.1. The number of ether oxygens (including phenoxy) is 1. The van der Waals surface area contributed by atoms with Crippen LogP contribution in [0.2, 0.25) is 0 Å². The summed E-state index contributed by atoms with van der Waals surface area (Å²) < 4.78 is 32.2. The fourth-order valence-electron chi connectivity index (χ4n) is 1.90. The van der Waals surface area contributed by atoms with Crippen LogP contribution in [0.25, 0.3) is 0 Å². The molecule has 0 saturated carbocycles. The second-order valence-corrected chi connectivity index (χ2v) is 4.24. The number of carbonyl (C=O) groups excluding carboxylic acids is 1. The van der Waals surface area contributed by atoms with Crippen molar-refractivity contribution in [3.63, 3.8) is 0 Å². The monoisotopic (exact) mass is 293 g/mol. The smallest absolute Gasteiger partial charge is 0.229 e. The van der Waals surface area contributed by atoms with E-state index in [2.05, 4.69) is 9.72 Å². The molecule has 5 nitrogen and oxygen atoms in total. The van der Waals surface area contributed by atoms with Crippen molar-refractivity contribution in [3.8, 4) is 5.75 Å². The minimum absolute atomic E-state index is 0.00333. The molecule has 110 valence electrons. The fraction of sp³-hybridized carbons (Fsp3) is 0.143. The summed E-state index contributed by atoms with van der Waals surface area (Å²) in [4.78, 5) is 16.8. The lowest BCUT2D eigenvalue weighted by Crippen LogP contribution is -2.24. The number of anilines is 3. The number of amides is 1. The van der Waals surface area contributed by atoms with Crippen molar-refractivity contribution in [2.45, 2.75) is 6.92 Å². The minimum Gasteiger partial charge on any atom is -0.491 e. The second kappa shape index (κ2) is 5.74. The lowest BCUT2D eigenvalue weighted by atomic mass is 10.2. The van der Waals surface area contributed by atoms with Crippen LogP contribution < -0.4 is 15.4 Å². The highest BCUT2D eigenvalue weighted by Gasteiger charge is 2.20. The Kier molecular flexibility index (Phi) is 4.02. The summed E-state index contributed by atoms with van der Waals surface area (Å²) in [6.07, 6.45) is 1.40. The van der Waals surface area contributed by atoms with E-state index < -0.39 is 23.3 Å². The fourth-order valence-corrected chi connectivity index (χ4v) is 1.90. The van der Waals surface area contributed by atoms with Crippen LogP contribution in [0.3, 0.4) is 0 Å². The number of benzene rings is 1. The molecule has 21 heavy (non-hydrogen) atoms. The average molecular weight is 293 g/mol. The van der Waals surface area contributed by atoms with Crippen LogP contribution in [0.5, 0.6) is 5.75 Å². The molecule has 0 aliphatic rings. The zero-order valence-electron chi connectivity index (χ0n) is 11.4. The number of methoxy groups -OCH3 is 1. The van der Waals surface area contributed by atoms with Crippen LogP contribution in [0.4, 0.5) is 26.0 Å². The first-order valence-corrected chi connectivity index (χ1v) is 5.99. The van der Waals surface area contributed by atoms with Gasteiger partial charge in [0.2, 0.25) is 5.91 Å². The summed E-state index contributed by atoms with van der Waals surface area (Å²) in [5.41, 5.74) is 6.01. The number of aromatic nitrogens is 1. The molecule has 0 atom stereocenters. The molecule has 0 radical (unpaired) electrons. The molecule has 0 fully saturated rings. The van der Waals surface area contributed by atoms with Gasteiger partial charge in [-0.25, -0.2) is 13.8 Å². The Labute approximate surface area is 120 Å². The largest absolute Gasteiger partial charge is 0.491 e. The van der Waals surface area contributed by atoms with Crippen LogP contribution in [0.1, 0.15) is 6.92 Å². The van der Waals surface area contributed by atoms with Gasteiger partial charge in [-0.15, -0.1) is 0 Å². The van der Waals surface area contributed by atoms with Gasteiger partial charge in [0.1, 0.15) is 5.82 Å². The number of pyridine rings is 1. The van der Waals surface area contributed by atoms with Gasteiger partial charge in [-0.3, -0.25) is 9.69 Å². The molecule has 0 aliphatic heterocycles. The molecule has 0 saturated heterocycles. The number of nitrogens with two attached hydrogens (primary N) is 1. The normalized spacial score (nSPS) is 10.3. The molecule has 0 bridgehead atoms. The van der Waals surface area contributed by atoms with E-state index in [1.54, 1.807) is 0 Å². The van der Waals surface area contributed by atoms with Gasteiger partial charge in [-0.05, 0) is 6.07 Å². The third-order valence-electron chi connectivity index (χ3n) is 2.76. The summed E-state index contributed by atoms with van der Waals surface area (Å²) in [6, 6.07) is 4.96. The van der Waals surface area contributed by atoms with E-state index in [9.17, 15) is 13.6 Å². The zero-order chi connectivity index (χ0) is 15.6. The van der Waals surface area contributed by atoms with Gasteiger partial charge < -0.3 is 10.5 Å². The minimum atomic E-state index is -0.914. The zero-order valence-corrected chi connectivity index (χ0v) is 11.4. The Morgan fingerprint density at radius 3 is 2.38 bits per heavy atom. The molecule has 1 heterocycles. The number of nitrogens with zero attached hydrogens (tertiary/aromatic N) is 2. The van der Waals surface area contributed by atoms with E-state index in [0.29, 0.717) is 5.69 Å². The molecular weight excluding hydrogens is 280 g/mol. The van der Waals surface area contributed by atoms with Crippen LogP contribution >= 0.6 is 0 Å². The van der Waals surface area contributed by atoms with Crippen LogP contribution in [0, 0.1) is 11.6 Å². The van der Waals surface area contributed by atoms with Gasteiger partial charge in [0, 0.05) is 37.0 Å². The Morgan fingerprint density at radius 2 is 1.90 bits per heavy atom. The summed E-state index contributed by atoms with van der Waals surface area (Å²) in [6.45, 7) is 1.25. The number of rotatable bonds is 3. The topological polar surface area (TPSA) is 68.5 Å². The lowest BCUT2D eigenvalue weighted by molar-refractivity contribution is -0.115. The molecule has 0 spiro atoms. The first kappa shape index (κ1) is 14.7. The second-order valence-electron chi connectivity index (χ2n) is 4.24. The molecule has 7 heteroatoms. The van der Waals surface area contributed by atoms with Crippen molar-refractivity contribution in [1.82, 2.24) is 4.98 Å². The Morgan fingerprint density at radius 1 is 1.29 bits per heavy atom. The van der Waals surface area contributed by atoms with E-state index in [4.69, 9.17) is 5.73 Å². The van der Waals surface area contributed by atoms with Gasteiger partial charge in [0.15, 0.2) is 17.4 Å². The van der Waals surface area contributed by atoms with E-state index in [1.807, 2.05) is 0 Å². The van der Waals surface area contributed by atoms with E-state index >= 15 is 0 Å². The Hall–Kier alpha value is -2.70. The van der Waals surface area contributed by atoms with Gasteiger partial charge in [0.05, 0.1) is 12.8 Å². The predicted octanol–water partition coefficient (Wildman–Crippen LogP) is 2.64. The van der Waals surface area contributed by atoms with Crippen molar-refractivity contribution in [2.75, 3.05) is 17.7 Å². The maximum atomic E-state index is 13.8. The maximum absolute atomic E-state index is 13.8. The summed E-state index contributed by atoms with van der Waals surface area (Å²) >= 11 is 0. The van der Waals surface area contributed by atoms with Crippen molar-refractivity contribution >= 4 is 23.1 Å². The van der Waals surface area contributed by atoms with E-state index in [0.717, 1.165) is 24.1 Å². The Balaban J connectivity index is 2.57. The Bertz CT molecular complexity index is 669. The molecule has 1 aromatic heterocycles. The molecule has 2 aromatic rings. The van der Waals surface area contributed by atoms with Crippen LogP contribution in [0.15, 0.2) is 30.5 Å². The first-order valence-electron chi connectivity index (χ1n) is 5.99. The highest BCUT2D eigenvalue weighted by molar-refractivity contribution is 5.98. The van der Waals surface area contributed by atoms with Crippen molar-refractivity contribution in [2.24, 2.45) is 0 Å². The molecule has 1 amide bonds. The molecule has 2 rings (SSSR count). The maximum Gasteiger partial charge on any atom is 0.229 e. The quantitative estimate of drug-likeness (QED) is 0.944. The van der Waals surface area contributed by atoms with Crippen molar-refractivity contribution in [1.29, 1.82) is 0 Å². The molecular formula is C14H13F2N3O2. The molecule has 2 N–H and O–H groups in total. The number of nitrogen functional groups attached to an aromatic ring is 1. The number of hydrogen-bond donors (Lipinski definition) is 1. The third kappa shape index (κ3) is 2.91. The molecule has 0 aliphatic carbocycles. The summed E-state index contributed by atoms with van der Waals surface area (Å²) in [5, 5.41) is 0. The number of carbonyl (C=O) groups is 1. The third-order valence-corrected chi connectivity index (χ3v) is 2.76. The van der Waals surface area contributed by atoms with Gasteiger partial charge >= 0.3 is 0 Å². The SMILES string of the molecule is COc1c(F)cc(N(C(C)=O)c2cc(N)ccn2)cc1F. The first-order chi connectivity index (χ1) is 9.93. The molecule has 0 unspecified atom stereocenters.